The summed E-state index contributed by atoms with van der Waals surface area (Å²) in [4.78, 5) is 18.5. The second-order valence-corrected chi connectivity index (χ2v) is 8.00. The van der Waals surface area contributed by atoms with Gasteiger partial charge in [0.1, 0.15) is 29.5 Å². The van der Waals surface area contributed by atoms with Gasteiger partial charge in [0.15, 0.2) is 0 Å². The number of pyridine rings is 1. The molecule has 2 aromatic rings. The molecule has 1 aliphatic rings. The smallest absolute Gasteiger partial charge is 0.415 e. The fraction of sp³-hybridized carbons (Fsp3) is 0.429. The van der Waals surface area contributed by atoms with E-state index in [4.69, 9.17) is 9.47 Å². The standard InChI is InChI=1S/C21H24F2N2O4/c1-12-11-28-19-18(25(12)20(27)29-21(2,3)4)8-14(17(10-26)24-19)7-13-5-6-15(22)9-16(13)23/h5-6,8-9,12,26H,7,10-11H2,1-4H3/t12-/m0/s1. The summed E-state index contributed by atoms with van der Waals surface area (Å²) in [5.41, 5.74) is 0.742. The summed E-state index contributed by atoms with van der Waals surface area (Å²) in [5.74, 6) is -1.17. The molecule has 0 unspecified atom stereocenters. The van der Waals surface area contributed by atoms with Gasteiger partial charge in [-0.3, -0.25) is 4.90 Å². The van der Waals surface area contributed by atoms with Gasteiger partial charge in [0.05, 0.1) is 18.3 Å². The van der Waals surface area contributed by atoms with Crippen molar-refractivity contribution in [1.29, 1.82) is 0 Å². The topological polar surface area (TPSA) is 71.9 Å². The van der Waals surface area contributed by atoms with Gasteiger partial charge in [-0.25, -0.2) is 18.6 Å². The van der Waals surface area contributed by atoms with Crippen LogP contribution in [0.25, 0.3) is 0 Å². The average Bonchev–Trinajstić information content (AvgIpc) is 2.61. The zero-order chi connectivity index (χ0) is 21.3. The fourth-order valence-electron chi connectivity index (χ4n) is 3.10. The third kappa shape index (κ3) is 4.64. The van der Waals surface area contributed by atoms with Gasteiger partial charge in [-0.05, 0) is 51.0 Å². The van der Waals surface area contributed by atoms with Crippen molar-refractivity contribution in [3.63, 3.8) is 0 Å². The lowest BCUT2D eigenvalue weighted by Crippen LogP contribution is -2.47. The molecule has 1 aliphatic heterocycles. The van der Waals surface area contributed by atoms with Gasteiger partial charge < -0.3 is 14.6 Å². The first-order valence-corrected chi connectivity index (χ1v) is 9.31. The summed E-state index contributed by atoms with van der Waals surface area (Å²) >= 11 is 0. The van der Waals surface area contributed by atoms with Crippen LogP contribution in [0.15, 0.2) is 24.3 Å². The van der Waals surface area contributed by atoms with Gasteiger partial charge in [-0.15, -0.1) is 0 Å². The van der Waals surface area contributed by atoms with Gasteiger partial charge in [0, 0.05) is 12.5 Å². The van der Waals surface area contributed by atoms with Gasteiger partial charge in [-0.1, -0.05) is 6.07 Å². The Labute approximate surface area is 168 Å². The molecule has 0 radical (unpaired) electrons. The Balaban J connectivity index is 2.02. The Morgan fingerprint density at radius 3 is 2.66 bits per heavy atom. The first-order chi connectivity index (χ1) is 13.6. The molecule has 0 aliphatic carbocycles. The minimum atomic E-state index is -0.694. The molecule has 1 aromatic heterocycles. The van der Waals surface area contributed by atoms with Gasteiger partial charge >= 0.3 is 6.09 Å². The van der Waals surface area contributed by atoms with E-state index in [9.17, 15) is 18.7 Å². The zero-order valence-corrected chi connectivity index (χ0v) is 16.8. The van der Waals surface area contributed by atoms with E-state index in [2.05, 4.69) is 4.98 Å². The lowest BCUT2D eigenvalue weighted by Gasteiger charge is -2.36. The maximum atomic E-state index is 14.1. The van der Waals surface area contributed by atoms with Crippen LogP contribution < -0.4 is 9.64 Å². The van der Waals surface area contributed by atoms with Crippen LogP contribution in [-0.4, -0.2) is 34.4 Å². The molecule has 29 heavy (non-hydrogen) atoms. The average molecular weight is 406 g/mol. The molecule has 1 N–H and O–H groups in total. The van der Waals surface area contributed by atoms with Gasteiger partial charge in [-0.2, -0.15) is 0 Å². The molecule has 0 bridgehead atoms. The summed E-state index contributed by atoms with van der Waals surface area (Å²) in [6.07, 6.45) is -0.481. The van der Waals surface area contributed by atoms with Crippen molar-refractivity contribution >= 4 is 11.8 Å². The van der Waals surface area contributed by atoms with Gasteiger partial charge in [0.2, 0.25) is 5.88 Å². The summed E-state index contributed by atoms with van der Waals surface area (Å²) in [6.45, 7) is 6.95. The number of hydrogen-bond acceptors (Lipinski definition) is 5. The minimum absolute atomic E-state index is 0.0683. The number of aromatic nitrogens is 1. The third-order valence-electron chi connectivity index (χ3n) is 4.43. The SMILES string of the molecule is C[C@H]1COc2nc(CO)c(Cc3ccc(F)cc3F)cc2N1C(=O)OC(C)(C)C. The lowest BCUT2D eigenvalue weighted by molar-refractivity contribution is 0.0546. The van der Waals surface area contributed by atoms with E-state index >= 15 is 0 Å². The molecule has 1 amide bonds. The maximum absolute atomic E-state index is 14.1. The van der Waals surface area contributed by atoms with Crippen LogP contribution in [0.2, 0.25) is 0 Å². The van der Waals surface area contributed by atoms with Crippen LogP contribution in [0.5, 0.6) is 5.88 Å². The van der Waals surface area contributed by atoms with E-state index in [0.29, 0.717) is 16.9 Å². The number of fused-ring (bicyclic) bond motifs is 1. The number of carbonyl (C=O) groups is 1. The third-order valence-corrected chi connectivity index (χ3v) is 4.43. The molecule has 0 saturated heterocycles. The molecule has 2 heterocycles. The molecular formula is C21H24F2N2O4. The number of carbonyl (C=O) groups excluding carboxylic acids is 1. The molecule has 8 heteroatoms. The number of nitrogens with zero attached hydrogens (tertiary/aromatic N) is 2. The van der Waals surface area contributed by atoms with Crippen LogP contribution in [-0.2, 0) is 17.8 Å². The number of aliphatic hydroxyl groups is 1. The predicted octanol–water partition coefficient (Wildman–Crippen LogP) is 3.97. The van der Waals surface area contributed by atoms with Crippen LogP contribution in [0.4, 0.5) is 19.3 Å². The monoisotopic (exact) mass is 406 g/mol. The minimum Gasteiger partial charge on any atom is -0.474 e. The van der Waals surface area contributed by atoms with Crippen molar-refractivity contribution in [3.05, 3.63) is 52.7 Å². The number of rotatable bonds is 3. The van der Waals surface area contributed by atoms with Crippen molar-refractivity contribution in [2.24, 2.45) is 0 Å². The Hall–Kier alpha value is -2.74. The molecular weight excluding hydrogens is 382 g/mol. The molecule has 6 nitrogen and oxygen atoms in total. The molecule has 1 atom stereocenters. The van der Waals surface area contributed by atoms with E-state index in [1.807, 2.05) is 6.92 Å². The molecule has 3 rings (SSSR count). The van der Waals surface area contributed by atoms with Crippen LogP contribution in [0.3, 0.4) is 0 Å². The lowest BCUT2D eigenvalue weighted by atomic mass is 10.0. The molecule has 0 fully saturated rings. The summed E-state index contributed by atoms with van der Waals surface area (Å²) in [6, 6.07) is 4.64. The highest BCUT2D eigenvalue weighted by atomic mass is 19.1. The van der Waals surface area contributed by atoms with E-state index in [1.54, 1.807) is 26.8 Å². The highest BCUT2D eigenvalue weighted by Gasteiger charge is 2.34. The number of anilines is 1. The van der Waals surface area contributed by atoms with Gasteiger partial charge in [0.25, 0.3) is 0 Å². The number of amides is 1. The van der Waals surface area contributed by atoms with E-state index < -0.39 is 29.9 Å². The first kappa shape index (κ1) is 21.0. The normalized spacial score (nSPS) is 16.2. The number of hydrogen-bond donors (Lipinski definition) is 1. The second-order valence-electron chi connectivity index (χ2n) is 8.00. The van der Waals surface area contributed by atoms with E-state index in [-0.39, 0.29) is 30.5 Å². The first-order valence-electron chi connectivity index (χ1n) is 9.31. The maximum Gasteiger partial charge on any atom is 0.415 e. The van der Waals surface area contributed by atoms with Crippen molar-refractivity contribution < 1.29 is 28.2 Å². The van der Waals surface area contributed by atoms with Crippen molar-refractivity contribution in [2.45, 2.75) is 52.4 Å². The Morgan fingerprint density at radius 2 is 2.03 bits per heavy atom. The van der Waals surface area contributed by atoms with Crippen LogP contribution in [0, 0.1) is 11.6 Å². The fourth-order valence-corrected chi connectivity index (χ4v) is 3.10. The van der Waals surface area contributed by atoms with Crippen molar-refractivity contribution in [1.82, 2.24) is 4.98 Å². The summed E-state index contributed by atoms with van der Waals surface area (Å²) in [7, 11) is 0. The summed E-state index contributed by atoms with van der Waals surface area (Å²) < 4.78 is 38.5. The summed E-state index contributed by atoms with van der Waals surface area (Å²) in [5, 5.41) is 9.71. The second kappa shape index (κ2) is 7.94. The highest BCUT2D eigenvalue weighted by molar-refractivity contribution is 5.90. The van der Waals surface area contributed by atoms with E-state index in [0.717, 1.165) is 6.07 Å². The Kier molecular flexibility index (Phi) is 5.75. The number of aliphatic hydroxyl groups excluding tert-OH is 1. The Morgan fingerprint density at radius 1 is 1.31 bits per heavy atom. The number of benzene rings is 1. The predicted molar refractivity (Wildman–Crippen MR) is 103 cm³/mol. The molecule has 0 spiro atoms. The number of halogens is 2. The Bertz CT molecular complexity index is 928. The quantitative estimate of drug-likeness (QED) is 0.835. The van der Waals surface area contributed by atoms with E-state index in [1.165, 1.54) is 17.0 Å². The van der Waals surface area contributed by atoms with Crippen molar-refractivity contribution in [2.75, 3.05) is 11.5 Å². The largest absolute Gasteiger partial charge is 0.474 e. The number of ether oxygens (including phenoxy) is 2. The zero-order valence-electron chi connectivity index (χ0n) is 16.8. The van der Waals surface area contributed by atoms with Crippen LogP contribution >= 0.6 is 0 Å². The van der Waals surface area contributed by atoms with Crippen molar-refractivity contribution in [3.8, 4) is 5.88 Å². The highest BCUT2D eigenvalue weighted by Crippen LogP contribution is 2.36. The van der Waals surface area contributed by atoms with Crippen LogP contribution in [0.1, 0.15) is 44.5 Å². The molecule has 1 aromatic carbocycles. The molecule has 0 saturated carbocycles. The molecule has 156 valence electrons.